The molecule has 0 fully saturated rings. The van der Waals surface area contributed by atoms with E-state index in [1.807, 2.05) is 45.2 Å². The number of hydrogen-bond donors (Lipinski definition) is 0. The monoisotopic (exact) mass is 311 g/mol. The number of likely N-dealkylation sites (N-methyl/N-ethyl adjacent to an activating group) is 1. The molecule has 0 aromatic heterocycles. The lowest BCUT2D eigenvalue weighted by Crippen LogP contribution is -2.38. The Morgan fingerprint density at radius 2 is 1.70 bits per heavy atom. The molecule has 1 unspecified atom stereocenters. The molecular formula is C20H25NO2. The van der Waals surface area contributed by atoms with Crippen molar-refractivity contribution in [1.82, 2.24) is 4.90 Å². The molecule has 0 amide bonds. The first kappa shape index (κ1) is 17.2. The first-order valence-corrected chi connectivity index (χ1v) is 8.17. The average molecular weight is 311 g/mol. The van der Waals surface area contributed by atoms with E-state index in [-0.39, 0.29) is 12.0 Å². The van der Waals surface area contributed by atoms with Crippen molar-refractivity contribution in [3.05, 3.63) is 60.2 Å². The summed E-state index contributed by atoms with van der Waals surface area (Å²) in [5.74, 6) is -0.144. The SMILES string of the molecule is CCOC(=O)C(CC)N(C)Cc1ccccc1-c1ccccc1. The fourth-order valence-electron chi connectivity index (χ4n) is 2.83. The highest BCUT2D eigenvalue weighted by Gasteiger charge is 2.23. The molecule has 0 saturated heterocycles. The Hall–Kier alpha value is -2.13. The zero-order valence-electron chi connectivity index (χ0n) is 14.2. The third-order valence-corrected chi connectivity index (χ3v) is 4.00. The van der Waals surface area contributed by atoms with Crippen LogP contribution in [0.2, 0.25) is 0 Å². The molecule has 0 saturated carbocycles. The van der Waals surface area contributed by atoms with Gasteiger partial charge in [0.15, 0.2) is 0 Å². The molecule has 2 aromatic carbocycles. The topological polar surface area (TPSA) is 29.5 Å². The van der Waals surface area contributed by atoms with Crippen LogP contribution in [0, 0.1) is 0 Å². The maximum Gasteiger partial charge on any atom is 0.323 e. The lowest BCUT2D eigenvalue weighted by molar-refractivity contribution is -0.149. The Morgan fingerprint density at radius 1 is 1.04 bits per heavy atom. The van der Waals surface area contributed by atoms with Crippen LogP contribution in [0.25, 0.3) is 11.1 Å². The fourth-order valence-corrected chi connectivity index (χ4v) is 2.83. The van der Waals surface area contributed by atoms with Crippen LogP contribution in [0.3, 0.4) is 0 Å². The van der Waals surface area contributed by atoms with Crippen LogP contribution in [-0.4, -0.2) is 30.6 Å². The minimum Gasteiger partial charge on any atom is -0.465 e. The third kappa shape index (κ3) is 4.42. The summed E-state index contributed by atoms with van der Waals surface area (Å²) < 4.78 is 5.19. The summed E-state index contributed by atoms with van der Waals surface area (Å²) in [6, 6.07) is 18.5. The fraction of sp³-hybridized carbons (Fsp3) is 0.350. The Kier molecular flexibility index (Phi) is 6.36. The number of ether oxygens (including phenoxy) is 1. The van der Waals surface area contributed by atoms with Gasteiger partial charge < -0.3 is 4.74 Å². The van der Waals surface area contributed by atoms with E-state index in [1.54, 1.807) is 0 Å². The predicted molar refractivity (Wildman–Crippen MR) is 94.1 cm³/mol. The van der Waals surface area contributed by atoms with E-state index in [0.29, 0.717) is 13.2 Å². The van der Waals surface area contributed by atoms with Gasteiger partial charge in [-0.15, -0.1) is 0 Å². The van der Waals surface area contributed by atoms with E-state index in [2.05, 4.69) is 35.2 Å². The molecule has 2 aromatic rings. The number of carbonyl (C=O) groups is 1. The standard InChI is InChI=1S/C20H25NO2/c1-4-19(20(22)23-5-2)21(3)15-17-13-9-10-14-18(17)16-11-7-6-8-12-16/h6-14,19H,4-5,15H2,1-3H3. The lowest BCUT2D eigenvalue weighted by atomic mass is 9.99. The summed E-state index contributed by atoms with van der Waals surface area (Å²) in [5.41, 5.74) is 3.61. The number of carbonyl (C=O) groups excluding carboxylic acids is 1. The summed E-state index contributed by atoms with van der Waals surface area (Å²) in [6.45, 7) is 4.99. The van der Waals surface area contributed by atoms with Crippen LogP contribution in [0.15, 0.2) is 54.6 Å². The molecular weight excluding hydrogens is 286 g/mol. The van der Waals surface area contributed by atoms with Crippen molar-refractivity contribution in [2.24, 2.45) is 0 Å². The largest absolute Gasteiger partial charge is 0.465 e. The van der Waals surface area contributed by atoms with Gasteiger partial charge in [0.25, 0.3) is 0 Å². The Morgan fingerprint density at radius 3 is 2.35 bits per heavy atom. The quantitative estimate of drug-likeness (QED) is 0.720. The molecule has 1 atom stereocenters. The van der Waals surface area contributed by atoms with Gasteiger partial charge in [-0.1, -0.05) is 61.5 Å². The van der Waals surface area contributed by atoms with Gasteiger partial charge in [0.1, 0.15) is 6.04 Å². The molecule has 0 aliphatic carbocycles. The van der Waals surface area contributed by atoms with E-state index in [1.165, 1.54) is 16.7 Å². The van der Waals surface area contributed by atoms with Crippen molar-refractivity contribution in [3.63, 3.8) is 0 Å². The van der Waals surface area contributed by atoms with Crippen molar-refractivity contribution in [1.29, 1.82) is 0 Å². The minimum absolute atomic E-state index is 0.144. The highest BCUT2D eigenvalue weighted by molar-refractivity contribution is 5.75. The second kappa shape index (κ2) is 8.49. The molecule has 0 aliphatic rings. The molecule has 3 heteroatoms. The summed E-state index contributed by atoms with van der Waals surface area (Å²) in [6.07, 6.45) is 0.739. The Balaban J connectivity index is 2.21. The van der Waals surface area contributed by atoms with Crippen LogP contribution >= 0.6 is 0 Å². The van der Waals surface area contributed by atoms with Gasteiger partial charge in [-0.05, 0) is 37.1 Å². The van der Waals surface area contributed by atoms with Crippen molar-refractivity contribution in [2.45, 2.75) is 32.9 Å². The van der Waals surface area contributed by atoms with E-state index in [9.17, 15) is 4.79 Å². The van der Waals surface area contributed by atoms with Gasteiger partial charge in [0.2, 0.25) is 0 Å². The van der Waals surface area contributed by atoms with Gasteiger partial charge in [0.05, 0.1) is 6.61 Å². The van der Waals surface area contributed by atoms with Gasteiger partial charge in [-0.25, -0.2) is 0 Å². The molecule has 0 heterocycles. The van der Waals surface area contributed by atoms with E-state index in [4.69, 9.17) is 4.74 Å². The van der Waals surface area contributed by atoms with Crippen LogP contribution in [0.1, 0.15) is 25.8 Å². The predicted octanol–water partition coefficient (Wildman–Crippen LogP) is 4.13. The number of benzene rings is 2. The molecule has 122 valence electrons. The summed E-state index contributed by atoms with van der Waals surface area (Å²) in [5, 5.41) is 0. The van der Waals surface area contributed by atoms with Crippen molar-refractivity contribution < 1.29 is 9.53 Å². The first-order valence-electron chi connectivity index (χ1n) is 8.17. The van der Waals surface area contributed by atoms with Gasteiger partial charge in [-0.2, -0.15) is 0 Å². The van der Waals surface area contributed by atoms with Gasteiger partial charge in [0, 0.05) is 6.54 Å². The molecule has 0 bridgehead atoms. The lowest BCUT2D eigenvalue weighted by Gasteiger charge is -2.26. The Bertz CT molecular complexity index is 625. The van der Waals surface area contributed by atoms with Crippen LogP contribution in [0.4, 0.5) is 0 Å². The molecule has 0 aliphatic heterocycles. The molecule has 0 radical (unpaired) electrons. The van der Waals surface area contributed by atoms with Crippen molar-refractivity contribution in [2.75, 3.05) is 13.7 Å². The average Bonchev–Trinajstić information content (AvgIpc) is 2.57. The van der Waals surface area contributed by atoms with Crippen LogP contribution in [0.5, 0.6) is 0 Å². The van der Waals surface area contributed by atoms with Gasteiger partial charge >= 0.3 is 5.97 Å². The van der Waals surface area contributed by atoms with E-state index < -0.39 is 0 Å². The maximum absolute atomic E-state index is 12.1. The summed E-state index contributed by atoms with van der Waals surface area (Å²) in [7, 11) is 1.98. The normalized spacial score (nSPS) is 12.2. The smallest absolute Gasteiger partial charge is 0.323 e. The Labute approximate surface area is 138 Å². The zero-order valence-corrected chi connectivity index (χ0v) is 14.2. The number of nitrogens with zero attached hydrogens (tertiary/aromatic N) is 1. The highest BCUT2D eigenvalue weighted by atomic mass is 16.5. The van der Waals surface area contributed by atoms with Crippen LogP contribution in [-0.2, 0) is 16.1 Å². The summed E-state index contributed by atoms with van der Waals surface area (Å²) in [4.78, 5) is 14.2. The van der Waals surface area contributed by atoms with E-state index in [0.717, 1.165) is 6.42 Å². The van der Waals surface area contributed by atoms with E-state index >= 15 is 0 Å². The third-order valence-electron chi connectivity index (χ3n) is 4.00. The molecule has 3 nitrogen and oxygen atoms in total. The number of esters is 1. The highest BCUT2D eigenvalue weighted by Crippen LogP contribution is 2.25. The first-order chi connectivity index (χ1) is 11.2. The molecule has 0 spiro atoms. The molecule has 0 N–H and O–H groups in total. The van der Waals surface area contributed by atoms with Crippen LogP contribution < -0.4 is 0 Å². The minimum atomic E-state index is -0.209. The number of rotatable bonds is 7. The molecule has 23 heavy (non-hydrogen) atoms. The number of hydrogen-bond acceptors (Lipinski definition) is 3. The summed E-state index contributed by atoms with van der Waals surface area (Å²) >= 11 is 0. The van der Waals surface area contributed by atoms with Gasteiger partial charge in [-0.3, -0.25) is 9.69 Å². The zero-order chi connectivity index (χ0) is 16.7. The van der Waals surface area contributed by atoms with Crippen molar-refractivity contribution >= 4 is 5.97 Å². The second-order valence-corrected chi connectivity index (χ2v) is 5.61. The van der Waals surface area contributed by atoms with Crippen molar-refractivity contribution in [3.8, 4) is 11.1 Å². The maximum atomic E-state index is 12.1. The molecule has 2 rings (SSSR count). The second-order valence-electron chi connectivity index (χ2n) is 5.61.